The van der Waals surface area contributed by atoms with Crippen LogP contribution in [0.1, 0.15) is 90.7 Å². The molecule has 0 spiro atoms. The fraction of sp³-hybridized carbons (Fsp3) is 0.517. The van der Waals surface area contributed by atoms with Gasteiger partial charge in [0.05, 0.1) is 0 Å². The second kappa shape index (κ2) is 14.9. The molecular weight excluding hydrogens is 540 g/mol. The normalized spacial score (nSPS) is 14.5. The molecule has 0 aliphatic rings. The van der Waals surface area contributed by atoms with E-state index in [1.54, 1.807) is 0 Å². The average Bonchev–Trinajstić information content (AvgIpc) is 2.85. The van der Waals surface area contributed by atoms with Crippen LogP contribution >= 0.6 is 31.9 Å². The highest BCUT2D eigenvalue weighted by molar-refractivity contribution is 9.10. The molecule has 2 atom stereocenters. The van der Waals surface area contributed by atoms with Gasteiger partial charge in [-0.1, -0.05) is 140 Å². The number of alkyl halides is 2. The van der Waals surface area contributed by atoms with Gasteiger partial charge < -0.3 is 0 Å². The lowest BCUT2D eigenvalue weighted by molar-refractivity contribution is -0.123. The molecular formula is C29H40Br2O2. The molecule has 33 heavy (non-hydrogen) atoms. The van der Waals surface area contributed by atoms with Crippen molar-refractivity contribution in [1.82, 2.24) is 0 Å². The SMILES string of the molecule is CCCCC(=O)C(Br)(CC)c1ccccc1.CCCCC(=O)C(Br)(c1ccccc1)C(C)C. The van der Waals surface area contributed by atoms with Gasteiger partial charge in [-0.2, -0.15) is 0 Å². The maximum atomic E-state index is 12.4. The second-order valence-corrected chi connectivity index (χ2v) is 11.4. The lowest BCUT2D eigenvalue weighted by atomic mass is 9.83. The van der Waals surface area contributed by atoms with Gasteiger partial charge in [-0.15, -0.1) is 0 Å². The zero-order valence-corrected chi connectivity index (χ0v) is 24.0. The van der Waals surface area contributed by atoms with Gasteiger partial charge in [-0.25, -0.2) is 0 Å². The predicted molar refractivity (Wildman–Crippen MR) is 148 cm³/mol. The highest BCUT2D eigenvalue weighted by Crippen LogP contribution is 2.41. The molecule has 0 aliphatic heterocycles. The molecule has 0 radical (unpaired) electrons. The number of ketones is 2. The Labute approximate surface area is 218 Å². The zero-order chi connectivity index (χ0) is 24.9. The topological polar surface area (TPSA) is 34.1 Å². The summed E-state index contributed by atoms with van der Waals surface area (Å²) >= 11 is 7.34. The van der Waals surface area contributed by atoms with Crippen LogP contribution < -0.4 is 0 Å². The Morgan fingerprint density at radius 2 is 1.15 bits per heavy atom. The molecule has 0 N–H and O–H groups in total. The highest BCUT2D eigenvalue weighted by atomic mass is 79.9. The lowest BCUT2D eigenvalue weighted by Gasteiger charge is -2.31. The van der Waals surface area contributed by atoms with Crippen LogP contribution in [0.5, 0.6) is 0 Å². The first-order chi connectivity index (χ1) is 15.7. The molecule has 2 aromatic carbocycles. The van der Waals surface area contributed by atoms with E-state index in [1.807, 2.05) is 67.6 Å². The van der Waals surface area contributed by atoms with E-state index in [4.69, 9.17) is 0 Å². The van der Waals surface area contributed by atoms with Crippen molar-refractivity contribution in [3.8, 4) is 0 Å². The number of hydrogen-bond acceptors (Lipinski definition) is 2. The maximum Gasteiger partial charge on any atom is 0.154 e. The summed E-state index contributed by atoms with van der Waals surface area (Å²) in [4.78, 5) is 24.6. The van der Waals surface area contributed by atoms with Crippen LogP contribution in [-0.2, 0) is 18.2 Å². The monoisotopic (exact) mass is 578 g/mol. The first-order valence-corrected chi connectivity index (χ1v) is 13.8. The average molecular weight is 580 g/mol. The number of carbonyl (C=O) groups is 2. The summed E-state index contributed by atoms with van der Waals surface area (Å²) in [7, 11) is 0. The quantitative estimate of drug-likeness (QED) is 0.235. The number of carbonyl (C=O) groups excluding carboxylic acids is 2. The molecule has 2 rings (SSSR count). The smallest absolute Gasteiger partial charge is 0.154 e. The van der Waals surface area contributed by atoms with Gasteiger partial charge in [0.25, 0.3) is 0 Å². The Kier molecular flexibility index (Phi) is 13.4. The van der Waals surface area contributed by atoms with E-state index in [1.165, 1.54) is 0 Å². The van der Waals surface area contributed by atoms with Crippen molar-refractivity contribution >= 4 is 43.4 Å². The van der Waals surface area contributed by atoms with Crippen LogP contribution in [0.15, 0.2) is 60.7 Å². The summed E-state index contributed by atoms with van der Waals surface area (Å²) in [6.45, 7) is 10.4. The molecule has 2 nitrogen and oxygen atoms in total. The standard InChI is InChI=1S/C15H21BrO.C14H19BrO/c1-4-5-11-14(17)15(16,12(2)3)13-9-7-6-8-10-13;1-3-5-11-13(16)14(15,4-2)12-9-7-6-8-10-12/h6-10,12H,4-5,11H2,1-3H3;6-10H,3-5,11H2,1-2H3. The molecule has 0 aromatic heterocycles. The molecule has 4 heteroatoms. The Bertz CT molecular complexity index is 835. The van der Waals surface area contributed by atoms with Gasteiger partial charge >= 0.3 is 0 Å². The molecule has 182 valence electrons. The van der Waals surface area contributed by atoms with E-state index >= 15 is 0 Å². The molecule has 0 heterocycles. The zero-order valence-electron chi connectivity index (χ0n) is 20.9. The Balaban J connectivity index is 0.000000331. The van der Waals surface area contributed by atoms with Gasteiger partial charge in [0.2, 0.25) is 0 Å². The Hall–Kier alpha value is -1.26. The van der Waals surface area contributed by atoms with Crippen molar-refractivity contribution in [3.05, 3.63) is 71.8 Å². The van der Waals surface area contributed by atoms with Crippen molar-refractivity contribution in [1.29, 1.82) is 0 Å². The summed E-state index contributed by atoms with van der Waals surface area (Å²) < 4.78 is -1.01. The van der Waals surface area contributed by atoms with Crippen molar-refractivity contribution in [2.75, 3.05) is 0 Å². The molecule has 0 aliphatic carbocycles. The van der Waals surface area contributed by atoms with Crippen molar-refractivity contribution < 1.29 is 9.59 Å². The van der Waals surface area contributed by atoms with Gasteiger partial charge in [0.1, 0.15) is 8.65 Å². The largest absolute Gasteiger partial charge is 0.298 e. The molecule has 0 saturated carbocycles. The molecule has 0 saturated heterocycles. The van der Waals surface area contributed by atoms with Gasteiger partial charge in [-0.3, -0.25) is 9.59 Å². The predicted octanol–water partition coefficient (Wildman–Crippen LogP) is 9.14. The number of hydrogen-bond donors (Lipinski definition) is 0. The fourth-order valence-corrected chi connectivity index (χ4v) is 4.74. The first-order valence-electron chi connectivity index (χ1n) is 12.2. The van der Waals surface area contributed by atoms with Crippen LogP contribution in [0.4, 0.5) is 0 Å². The second-order valence-electron chi connectivity index (χ2n) is 8.81. The number of halogens is 2. The molecule has 0 amide bonds. The van der Waals surface area contributed by atoms with E-state index in [-0.39, 0.29) is 5.92 Å². The van der Waals surface area contributed by atoms with Gasteiger partial charge in [-0.05, 0) is 36.3 Å². The highest BCUT2D eigenvalue weighted by Gasteiger charge is 2.39. The number of Topliss-reactive ketones (excluding diaryl/α,β-unsaturated/α-hetero) is 2. The molecule has 2 aromatic rings. The minimum absolute atomic E-state index is 0.245. The summed E-state index contributed by atoms with van der Waals surface area (Å²) in [5.74, 6) is 0.831. The summed E-state index contributed by atoms with van der Waals surface area (Å²) in [6, 6.07) is 20.0. The van der Waals surface area contributed by atoms with Crippen LogP contribution in [0, 0.1) is 5.92 Å². The summed E-state index contributed by atoms with van der Waals surface area (Å²) in [5.41, 5.74) is 2.13. The third-order valence-corrected chi connectivity index (χ3v) is 9.35. The molecule has 0 fully saturated rings. The number of unbranched alkanes of at least 4 members (excludes halogenated alkanes) is 2. The number of benzene rings is 2. The van der Waals surface area contributed by atoms with Crippen molar-refractivity contribution in [3.63, 3.8) is 0 Å². The Morgan fingerprint density at radius 1 is 0.727 bits per heavy atom. The minimum atomic E-state index is -0.524. The van der Waals surface area contributed by atoms with Gasteiger partial charge in [0, 0.05) is 12.8 Å². The first kappa shape index (κ1) is 29.8. The van der Waals surface area contributed by atoms with E-state index < -0.39 is 8.65 Å². The lowest BCUT2D eigenvalue weighted by Crippen LogP contribution is -2.34. The summed E-state index contributed by atoms with van der Waals surface area (Å²) in [5, 5.41) is 0. The maximum absolute atomic E-state index is 12.4. The fourth-order valence-electron chi connectivity index (χ4n) is 3.82. The van der Waals surface area contributed by atoms with Crippen LogP contribution in [0.2, 0.25) is 0 Å². The van der Waals surface area contributed by atoms with Gasteiger partial charge in [0.15, 0.2) is 11.6 Å². The minimum Gasteiger partial charge on any atom is -0.298 e. The number of rotatable bonds is 12. The summed E-state index contributed by atoms with van der Waals surface area (Å²) in [6.07, 6.45) is 6.15. The van der Waals surface area contributed by atoms with Crippen LogP contribution in [-0.4, -0.2) is 11.6 Å². The van der Waals surface area contributed by atoms with E-state index in [2.05, 4.69) is 59.6 Å². The van der Waals surface area contributed by atoms with Crippen molar-refractivity contribution in [2.24, 2.45) is 5.92 Å². The van der Waals surface area contributed by atoms with E-state index in [9.17, 15) is 9.59 Å². The van der Waals surface area contributed by atoms with E-state index in [0.717, 1.165) is 43.2 Å². The van der Waals surface area contributed by atoms with Crippen molar-refractivity contribution in [2.45, 2.75) is 88.2 Å². The third kappa shape index (κ3) is 8.17. The van der Waals surface area contributed by atoms with Crippen LogP contribution in [0.25, 0.3) is 0 Å². The van der Waals surface area contributed by atoms with E-state index in [0.29, 0.717) is 24.4 Å². The van der Waals surface area contributed by atoms with Crippen LogP contribution in [0.3, 0.4) is 0 Å². The third-order valence-electron chi connectivity index (χ3n) is 6.07. The molecule has 2 unspecified atom stereocenters. The molecule has 0 bridgehead atoms. The Morgan fingerprint density at radius 3 is 1.55 bits per heavy atom.